The zero-order valence-corrected chi connectivity index (χ0v) is 11.0. The number of nitrogens with zero attached hydrogens (tertiary/aromatic N) is 2. The zero-order chi connectivity index (χ0) is 14.5. The summed E-state index contributed by atoms with van der Waals surface area (Å²) in [4.78, 5) is 13.6. The lowest BCUT2D eigenvalue weighted by atomic mass is 10.1. The summed E-state index contributed by atoms with van der Waals surface area (Å²) in [7, 11) is 1.66. The average molecular weight is 268 g/mol. The van der Waals surface area contributed by atoms with Gasteiger partial charge in [0, 0.05) is 12.7 Å². The molecule has 0 atom stereocenters. The summed E-state index contributed by atoms with van der Waals surface area (Å²) in [6.07, 6.45) is 0.188. The maximum atomic E-state index is 12.8. The van der Waals surface area contributed by atoms with Crippen molar-refractivity contribution in [2.45, 2.75) is 6.42 Å². The molecule has 2 rings (SSSR count). The third-order valence-electron chi connectivity index (χ3n) is 3.01. The largest absolute Gasteiger partial charge is 0.315 e. The molecule has 20 heavy (non-hydrogen) atoms. The van der Waals surface area contributed by atoms with Crippen LogP contribution in [0.25, 0.3) is 0 Å². The number of carbonyl (C=O) groups excluding carboxylic acids is 1. The first kappa shape index (κ1) is 13.8. The maximum Gasteiger partial charge on any atom is 0.231 e. The summed E-state index contributed by atoms with van der Waals surface area (Å²) < 4.78 is 12.8. The number of amides is 1. The summed E-state index contributed by atoms with van der Waals surface area (Å²) >= 11 is 0. The topological polar surface area (TPSA) is 44.1 Å². The molecule has 2 aromatic rings. The molecule has 0 aliphatic rings. The van der Waals surface area contributed by atoms with Crippen LogP contribution in [0.2, 0.25) is 0 Å². The highest BCUT2D eigenvalue weighted by atomic mass is 19.1. The normalized spacial score (nSPS) is 9.85. The number of rotatable bonds is 3. The van der Waals surface area contributed by atoms with Crippen LogP contribution in [-0.4, -0.2) is 13.0 Å². The SMILES string of the molecule is CN(C(=O)Cc1ccc(F)cc1)c1cccc(C#N)c1. The summed E-state index contributed by atoms with van der Waals surface area (Å²) in [6.45, 7) is 0. The molecular formula is C16H13FN2O. The van der Waals surface area contributed by atoms with E-state index in [1.807, 2.05) is 6.07 Å². The Balaban J connectivity index is 2.12. The molecule has 1 amide bonds. The van der Waals surface area contributed by atoms with E-state index in [0.29, 0.717) is 11.3 Å². The van der Waals surface area contributed by atoms with Gasteiger partial charge in [-0.1, -0.05) is 18.2 Å². The van der Waals surface area contributed by atoms with E-state index in [9.17, 15) is 9.18 Å². The predicted octanol–water partition coefficient (Wildman–Crippen LogP) is 2.90. The van der Waals surface area contributed by atoms with Crippen LogP contribution in [0.5, 0.6) is 0 Å². The Hall–Kier alpha value is -2.67. The Kier molecular flexibility index (Phi) is 4.11. The van der Waals surface area contributed by atoms with Gasteiger partial charge in [0.25, 0.3) is 0 Å². The Morgan fingerprint density at radius 3 is 2.60 bits per heavy atom. The minimum absolute atomic E-state index is 0.119. The van der Waals surface area contributed by atoms with Gasteiger partial charge in [0.05, 0.1) is 18.1 Å². The summed E-state index contributed by atoms with van der Waals surface area (Å²) in [5.41, 5.74) is 1.92. The molecule has 0 radical (unpaired) electrons. The molecule has 0 aromatic heterocycles. The molecule has 0 N–H and O–H groups in total. The molecule has 4 heteroatoms. The lowest BCUT2D eigenvalue weighted by Gasteiger charge is -2.17. The van der Waals surface area contributed by atoms with Gasteiger partial charge in [-0.05, 0) is 35.9 Å². The molecule has 0 saturated carbocycles. The Bertz CT molecular complexity index is 659. The molecule has 0 saturated heterocycles. The van der Waals surface area contributed by atoms with Gasteiger partial charge in [0.2, 0.25) is 5.91 Å². The molecule has 3 nitrogen and oxygen atoms in total. The standard InChI is InChI=1S/C16H13FN2O/c1-19(15-4-2-3-13(9-15)11-18)16(20)10-12-5-7-14(17)8-6-12/h2-9H,10H2,1H3. The van der Waals surface area contributed by atoms with Crippen molar-refractivity contribution < 1.29 is 9.18 Å². The number of nitriles is 1. The van der Waals surface area contributed by atoms with E-state index >= 15 is 0 Å². The van der Waals surface area contributed by atoms with Crippen molar-refractivity contribution in [3.63, 3.8) is 0 Å². The highest BCUT2D eigenvalue weighted by molar-refractivity contribution is 5.94. The van der Waals surface area contributed by atoms with Crippen molar-refractivity contribution >= 4 is 11.6 Å². The van der Waals surface area contributed by atoms with E-state index in [1.54, 1.807) is 43.4 Å². The van der Waals surface area contributed by atoms with E-state index < -0.39 is 0 Å². The van der Waals surface area contributed by atoms with Crippen molar-refractivity contribution in [1.82, 2.24) is 0 Å². The van der Waals surface area contributed by atoms with Gasteiger partial charge in [-0.3, -0.25) is 4.79 Å². The van der Waals surface area contributed by atoms with E-state index in [2.05, 4.69) is 0 Å². The molecule has 0 fully saturated rings. The second kappa shape index (κ2) is 5.98. The van der Waals surface area contributed by atoms with E-state index in [1.165, 1.54) is 17.0 Å². The molecule has 0 unspecified atom stereocenters. The monoisotopic (exact) mass is 268 g/mol. The maximum absolute atomic E-state index is 12.8. The molecule has 0 aliphatic carbocycles. The molecule has 0 aliphatic heterocycles. The van der Waals surface area contributed by atoms with Crippen LogP contribution in [0.1, 0.15) is 11.1 Å². The molecule has 0 bridgehead atoms. The fraction of sp³-hybridized carbons (Fsp3) is 0.125. The van der Waals surface area contributed by atoms with E-state index in [-0.39, 0.29) is 18.1 Å². The van der Waals surface area contributed by atoms with E-state index in [0.717, 1.165) is 5.56 Å². The predicted molar refractivity (Wildman–Crippen MR) is 74.7 cm³/mol. The summed E-state index contributed by atoms with van der Waals surface area (Å²) in [5, 5.41) is 8.85. The van der Waals surface area contributed by atoms with Crippen molar-refractivity contribution in [3.8, 4) is 6.07 Å². The number of halogens is 1. The lowest BCUT2D eigenvalue weighted by Crippen LogP contribution is -2.27. The second-order valence-corrected chi connectivity index (χ2v) is 4.42. The third kappa shape index (κ3) is 3.21. The first-order valence-corrected chi connectivity index (χ1v) is 6.11. The van der Waals surface area contributed by atoms with Crippen molar-refractivity contribution in [2.75, 3.05) is 11.9 Å². The minimum Gasteiger partial charge on any atom is -0.315 e. The third-order valence-corrected chi connectivity index (χ3v) is 3.01. The highest BCUT2D eigenvalue weighted by Gasteiger charge is 2.12. The van der Waals surface area contributed by atoms with Crippen molar-refractivity contribution in [2.24, 2.45) is 0 Å². The van der Waals surface area contributed by atoms with Crippen LogP contribution >= 0.6 is 0 Å². The van der Waals surface area contributed by atoms with Gasteiger partial charge in [0.15, 0.2) is 0 Å². The van der Waals surface area contributed by atoms with Gasteiger partial charge in [-0.25, -0.2) is 4.39 Å². The van der Waals surface area contributed by atoms with E-state index in [4.69, 9.17) is 5.26 Å². The lowest BCUT2D eigenvalue weighted by molar-refractivity contribution is -0.117. The van der Waals surface area contributed by atoms with Crippen molar-refractivity contribution in [3.05, 3.63) is 65.5 Å². The smallest absolute Gasteiger partial charge is 0.231 e. The number of benzene rings is 2. The molecule has 0 heterocycles. The first-order chi connectivity index (χ1) is 9.60. The zero-order valence-electron chi connectivity index (χ0n) is 11.0. The molecule has 100 valence electrons. The van der Waals surface area contributed by atoms with Gasteiger partial charge < -0.3 is 4.90 Å². The van der Waals surface area contributed by atoms with Crippen LogP contribution in [0, 0.1) is 17.1 Å². The van der Waals surface area contributed by atoms with Crippen LogP contribution < -0.4 is 4.90 Å². The fourth-order valence-electron chi connectivity index (χ4n) is 1.82. The first-order valence-electron chi connectivity index (χ1n) is 6.11. The minimum atomic E-state index is -0.323. The quantitative estimate of drug-likeness (QED) is 0.859. The summed E-state index contributed by atoms with van der Waals surface area (Å²) in [6, 6.07) is 14.7. The van der Waals surface area contributed by atoms with Crippen LogP contribution in [0.4, 0.5) is 10.1 Å². The molecule has 0 spiro atoms. The molecular weight excluding hydrogens is 255 g/mol. The Morgan fingerprint density at radius 2 is 1.95 bits per heavy atom. The number of carbonyl (C=O) groups is 1. The van der Waals surface area contributed by atoms with Gasteiger partial charge >= 0.3 is 0 Å². The highest BCUT2D eigenvalue weighted by Crippen LogP contribution is 2.16. The number of hydrogen-bond donors (Lipinski definition) is 0. The van der Waals surface area contributed by atoms with Crippen LogP contribution in [-0.2, 0) is 11.2 Å². The second-order valence-electron chi connectivity index (χ2n) is 4.42. The summed E-state index contributed by atoms with van der Waals surface area (Å²) in [5.74, 6) is -0.442. The van der Waals surface area contributed by atoms with Crippen LogP contribution in [0.3, 0.4) is 0 Å². The average Bonchev–Trinajstić information content (AvgIpc) is 2.48. The van der Waals surface area contributed by atoms with Gasteiger partial charge in [-0.2, -0.15) is 5.26 Å². The van der Waals surface area contributed by atoms with Crippen LogP contribution in [0.15, 0.2) is 48.5 Å². The number of hydrogen-bond acceptors (Lipinski definition) is 2. The Morgan fingerprint density at radius 1 is 1.25 bits per heavy atom. The van der Waals surface area contributed by atoms with Gasteiger partial charge in [0.1, 0.15) is 5.82 Å². The number of likely N-dealkylation sites (N-methyl/N-ethyl adjacent to an activating group) is 1. The van der Waals surface area contributed by atoms with Gasteiger partial charge in [-0.15, -0.1) is 0 Å². The number of anilines is 1. The molecule has 2 aromatic carbocycles. The fourth-order valence-corrected chi connectivity index (χ4v) is 1.82. The van der Waals surface area contributed by atoms with Crippen molar-refractivity contribution in [1.29, 1.82) is 5.26 Å². The Labute approximate surface area is 116 Å².